The SMILES string of the molecule is Oc1c(-c2c3c(O)ccc(O)c3c(-c3c(O)c(O)c(-c4c(O)c(O)c5c(O)c(O)c(O)c(O)c5c4O)c4c(O)c(O)c(O)c(O)c34)c3c(O)c(O)c(O)c(O)c23)c(O)c2c(oc3c4c(O)c(O)c(O)c(O)c4c(O)c(O)c32)c1O. The molecule has 0 radical (unpaired) electrons. The quantitative estimate of drug-likeness (QED) is 0.0539. The van der Waals surface area contributed by atoms with Crippen molar-refractivity contribution in [3.63, 3.8) is 0 Å². The molecule has 0 saturated heterocycles. The first-order chi connectivity index (χ1) is 37.0. The third-order valence-electron chi connectivity index (χ3n) is 13.8. The molecule has 11 aromatic rings. The number of benzene rings is 10. The molecular weight excluding hydrogens is 1060 g/mol. The van der Waals surface area contributed by atoms with Gasteiger partial charge in [0, 0.05) is 54.6 Å². The second kappa shape index (κ2) is 15.2. The molecule has 0 spiro atoms. The van der Waals surface area contributed by atoms with Crippen molar-refractivity contribution >= 4 is 75.8 Å². The number of aromatic hydroxyl groups is 28. The second-order valence-electron chi connectivity index (χ2n) is 17.7. The first-order valence-electron chi connectivity index (χ1n) is 21.6. The maximum Gasteiger partial charge on any atom is 0.205 e. The summed E-state index contributed by atoms with van der Waals surface area (Å²) in [5.41, 5.74) is -10.3. The molecule has 0 aliphatic carbocycles. The van der Waals surface area contributed by atoms with E-state index in [0.29, 0.717) is 12.1 Å². The van der Waals surface area contributed by atoms with E-state index in [0.717, 1.165) is 0 Å². The van der Waals surface area contributed by atoms with Crippen LogP contribution in [0.5, 0.6) is 161 Å². The van der Waals surface area contributed by atoms with Gasteiger partial charge in [0.15, 0.2) is 97.4 Å². The number of furan rings is 1. The summed E-state index contributed by atoms with van der Waals surface area (Å²) in [6.45, 7) is 0. The highest BCUT2D eigenvalue weighted by atomic mass is 16.4. The zero-order valence-electron chi connectivity index (χ0n) is 38.1. The molecule has 79 heavy (non-hydrogen) atoms. The van der Waals surface area contributed by atoms with E-state index in [1.165, 1.54) is 0 Å². The van der Waals surface area contributed by atoms with Crippen molar-refractivity contribution in [2.45, 2.75) is 0 Å². The van der Waals surface area contributed by atoms with E-state index in [9.17, 15) is 143 Å². The molecule has 0 aliphatic heterocycles. The van der Waals surface area contributed by atoms with E-state index in [4.69, 9.17) is 4.42 Å². The average Bonchev–Trinajstić information content (AvgIpc) is 4.09. The van der Waals surface area contributed by atoms with Crippen molar-refractivity contribution < 1.29 is 147 Å². The van der Waals surface area contributed by atoms with Gasteiger partial charge in [-0.05, 0) is 12.1 Å². The summed E-state index contributed by atoms with van der Waals surface area (Å²) in [6.07, 6.45) is 0. The van der Waals surface area contributed by atoms with Gasteiger partial charge in [-0.3, -0.25) is 0 Å². The third kappa shape index (κ3) is 5.47. The second-order valence-corrected chi connectivity index (χ2v) is 17.7. The number of fused-ring (bicyclic) bond motifs is 9. The normalized spacial score (nSPS) is 11.9. The molecule has 28 N–H and O–H groups in total. The highest BCUT2D eigenvalue weighted by molar-refractivity contribution is 6.34. The molecule has 0 amide bonds. The molecule has 29 nitrogen and oxygen atoms in total. The predicted octanol–water partition coefficient (Wildman–Crippen LogP) is 6.11. The van der Waals surface area contributed by atoms with Crippen molar-refractivity contribution in [1.29, 1.82) is 0 Å². The van der Waals surface area contributed by atoms with Crippen molar-refractivity contribution in [3.05, 3.63) is 12.1 Å². The van der Waals surface area contributed by atoms with Gasteiger partial charge in [-0.2, -0.15) is 0 Å². The molecule has 29 heteroatoms. The Morgan fingerprint density at radius 3 is 0.785 bits per heavy atom. The molecule has 1 heterocycles. The van der Waals surface area contributed by atoms with Gasteiger partial charge in [0.05, 0.1) is 43.4 Å². The summed E-state index contributed by atoms with van der Waals surface area (Å²) in [7, 11) is 0. The van der Waals surface area contributed by atoms with E-state index >= 15 is 0 Å². The Morgan fingerprint density at radius 1 is 0.152 bits per heavy atom. The minimum absolute atomic E-state index is 0.621. The number of rotatable bonds is 3. The Kier molecular flexibility index (Phi) is 9.39. The fourth-order valence-corrected chi connectivity index (χ4v) is 10.3. The van der Waals surface area contributed by atoms with Gasteiger partial charge >= 0.3 is 0 Å². The first kappa shape index (κ1) is 48.9. The molecule has 404 valence electrons. The molecule has 0 bridgehead atoms. The van der Waals surface area contributed by atoms with Crippen LogP contribution in [0, 0.1) is 0 Å². The molecule has 0 fully saturated rings. The van der Waals surface area contributed by atoms with Gasteiger partial charge in [-0.25, -0.2) is 0 Å². The molecule has 1 aromatic heterocycles. The number of phenols is 28. The van der Waals surface area contributed by atoms with Gasteiger partial charge < -0.3 is 147 Å². The highest BCUT2D eigenvalue weighted by Crippen LogP contribution is 2.70. The van der Waals surface area contributed by atoms with Crippen LogP contribution in [0.1, 0.15) is 0 Å². The third-order valence-corrected chi connectivity index (χ3v) is 13.8. The van der Waals surface area contributed by atoms with Gasteiger partial charge in [0.2, 0.25) is 51.7 Å². The molecule has 0 aliphatic rings. The minimum Gasteiger partial charge on any atom is -0.507 e. The Labute approximate surface area is 428 Å². The Morgan fingerprint density at radius 2 is 0.367 bits per heavy atom. The average molecular weight is 1090 g/mol. The summed E-state index contributed by atoms with van der Waals surface area (Å²) >= 11 is 0. The summed E-state index contributed by atoms with van der Waals surface area (Å²) < 4.78 is 5.62. The zero-order chi connectivity index (χ0) is 57.8. The molecule has 10 aromatic carbocycles. The van der Waals surface area contributed by atoms with E-state index in [2.05, 4.69) is 0 Å². The van der Waals surface area contributed by atoms with Crippen LogP contribution in [-0.2, 0) is 0 Å². The smallest absolute Gasteiger partial charge is 0.205 e. The summed E-state index contributed by atoms with van der Waals surface area (Å²) in [5.74, 6) is -44.4. The fraction of sp³-hybridized carbons (Fsp3) is 0. The maximum absolute atomic E-state index is 12.4. The van der Waals surface area contributed by atoms with Crippen LogP contribution >= 0.6 is 0 Å². The highest BCUT2D eigenvalue weighted by Gasteiger charge is 2.41. The van der Waals surface area contributed by atoms with Gasteiger partial charge in [-0.1, -0.05) is 0 Å². The maximum atomic E-state index is 12.4. The summed E-state index contributed by atoms with van der Waals surface area (Å²) in [5, 5.41) is 303. The number of hydrogen-bond acceptors (Lipinski definition) is 29. The van der Waals surface area contributed by atoms with Crippen LogP contribution in [0.2, 0.25) is 0 Å². The fourth-order valence-electron chi connectivity index (χ4n) is 10.3. The molecule has 11 rings (SSSR count). The van der Waals surface area contributed by atoms with Gasteiger partial charge in [0.1, 0.15) is 23.0 Å². The Balaban J connectivity index is 1.40. The topological polar surface area (TPSA) is 580 Å². The summed E-state index contributed by atoms with van der Waals surface area (Å²) in [4.78, 5) is 0. The number of hydrogen-bond donors (Lipinski definition) is 28. The largest absolute Gasteiger partial charge is 0.507 e. The molecule has 0 unspecified atom stereocenters. The van der Waals surface area contributed by atoms with E-state index < -0.39 is 270 Å². The van der Waals surface area contributed by atoms with E-state index in [1.807, 2.05) is 0 Å². The van der Waals surface area contributed by atoms with Gasteiger partial charge in [0.25, 0.3) is 0 Å². The van der Waals surface area contributed by atoms with Gasteiger partial charge in [-0.15, -0.1) is 0 Å². The van der Waals surface area contributed by atoms with Crippen LogP contribution in [0.3, 0.4) is 0 Å². The number of phenolic OH excluding ortho intramolecular Hbond substituents is 28. The van der Waals surface area contributed by atoms with Crippen molar-refractivity contribution in [2.75, 3.05) is 0 Å². The van der Waals surface area contributed by atoms with Crippen LogP contribution in [0.4, 0.5) is 0 Å². The lowest BCUT2D eigenvalue weighted by molar-refractivity contribution is 0.347. The Bertz CT molecular complexity index is 4800. The first-order valence-corrected chi connectivity index (χ1v) is 21.6. The van der Waals surface area contributed by atoms with Crippen molar-refractivity contribution in [2.24, 2.45) is 0 Å². The van der Waals surface area contributed by atoms with Crippen molar-refractivity contribution in [3.8, 4) is 194 Å². The molecule has 0 atom stereocenters. The predicted molar refractivity (Wildman–Crippen MR) is 264 cm³/mol. The van der Waals surface area contributed by atoms with Crippen LogP contribution < -0.4 is 0 Å². The van der Waals surface area contributed by atoms with Crippen LogP contribution in [-0.4, -0.2) is 143 Å². The van der Waals surface area contributed by atoms with E-state index in [-0.39, 0.29) is 0 Å². The lowest BCUT2D eigenvalue weighted by Crippen LogP contribution is -1.97. The van der Waals surface area contributed by atoms with E-state index in [1.54, 1.807) is 0 Å². The lowest BCUT2D eigenvalue weighted by atomic mass is 9.80. The minimum atomic E-state index is -1.84. The molecular formula is C50H30O29. The lowest BCUT2D eigenvalue weighted by Gasteiger charge is -2.25. The zero-order valence-corrected chi connectivity index (χ0v) is 38.1. The Hall–Kier alpha value is -12.3. The summed E-state index contributed by atoms with van der Waals surface area (Å²) in [6, 6.07) is 1.26. The van der Waals surface area contributed by atoms with Crippen LogP contribution in [0.25, 0.3) is 109 Å². The monoisotopic (exact) mass is 1090 g/mol. The standard InChI is InChI=1S/C50H30O29/c51-3-1-2-4(52)6-5(3)7(10-12-13(30(60)43(73)42(72)29(12)59)14(26(56)25(10)55)16-23(53)17-18(32(62)31(16)61)35(65)45(75)44(74)34(17)64)9-11(28(58)41(71)40(70)27(9)57)8(6)15-24(54)21-22-38(68)33(63)19-20(39(69)47(77)46(76)36(19)66)49(22)79-50(21)48(78)37(15)67/h1-2,51-78H. The van der Waals surface area contributed by atoms with Crippen LogP contribution in [0.15, 0.2) is 16.5 Å². The molecule has 0 saturated carbocycles. The van der Waals surface area contributed by atoms with Crippen molar-refractivity contribution in [1.82, 2.24) is 0 Å².